The van der Waals surface area contributed by atoms with Crippen LogP contribution in [0.5, 0.6) is 11.5 Å². The van der Waals surface area contributed by atoms with E-state index in [0.717, 1.165) is 0 Å². The summed E-state index contributed by atoms with van der Waals surface area (Å²) in [5, 5.41) is 9.48. The Bertz CT molecular complexity index is 367. The fourth-order valence-corrected chi connectivity index (χ4v) is 1.09. The molecular formula is C11H12O3. The molecule has 74 valence electrons. The van der Waals surface area contributed by atoms with Crippen LogP contribution >= 0.6 is 0 Å². The first kappa shape index (κ1) is 10.3. The minimum Gasteiger partial charge on any atom is -0.507 e. The molecule has 0 spiro atoms. The number of ketones is 1. The predicted octanol–water partition coefficient (Wildman–Crippen LogP) is 2.16. The lowest BCUT2D eigenvalue weighted by Crippen LogP contribution is -1.95. The van der Waals surface area contributed by atoms with Crippen molar-refractivity contribution in [2.45, 2.75) is 6.92 Å². The van der Waals surface area contributed by atoms with E-state index in [1.165, 1.54) is 25.3 Å². The molecule has 14 heavy (non-hydrogen) atoms. The Labute approximate surface area is 82.6 Å². The van der Waals surface area contributed by atoms with Crippen LogP contribution in [0.15, 0.2) is 30.4 Å². The van der Waals surface area contributed by atoms with Crippen molar-refractivity contribution in [1.29, 1.82) is 0 Å². The van der Waals surface area contributed by atoms with Crippen molar-refractivity contribution in [3.63, 3.8) is 0 Å². The number of methoxy groups -OCH3 is 1. The molecule has 1 rings (SSSR count). The Hall–Kier alpha value is -1.77. The SMILES string of the molecule is C/C=C\C(=O)c1ccc(OC)cc1O. The van der Waals surface area contributed by atoms with Gasteiger partial charge in [0.15, 0.2) is 5.78 Å². The maximum absolute atomic E-state index is 11.4. The molecule has 3 nitrogen and oxygen atoms in total. The smallest absolute Gasteiger partial charge is 0.189 e. The van der Waals surface area contributed by atoms with Crippen LogP contribution in [0.1, 0.15) is 17.3 Å². The average Bonchev–Trinajstić information content (AvgIpc) is 2.17. The molecule has 0 saturated carbocycles. The summed E-state index contributed by atoms with van der Waals surface area (Å²) in [7, 11) is 1.50. The van der Waals surface area contributed by atoms with Crippen molar-refractivity contribution in [2.75, 3.05) is 7.11 Å². The molecular weight excluding hydrogens is 180 g/mol. The number of phenols is 1. The zero-order valence-electron chi connectivity index (χ0n) is 8.15. The molecule has 0 saturated heterocycles. The molecule has 0 unspecified atom stereocenters. The van der Waals surface area contributed by atoms with Gasteiger partial charge in [-0.05, 0) is 25.1 Å². The highest BCUT2D eigenvalue weighted by atomic mass is 16.5. The molecule has 0 aliphatic heterocycles. The fraction of sp³-hybridized carbons (Fsp3) is 0.182. The zero-order valence-corrected chi connectivity index (χ0v) is 8.15. The number of rotatable bonds is 3. The van der Waals surface area contributed by atoms with E-state index in [0.29, 0.717) is 5.75 Å². The van der Waals surface area contributed by atoms with Gasteiger partial charge in [-0.1, -0.05) is 6.08 Å². The van der Waals surface area contributed by atoms with Crippen LogP contribution < -0.4 is 4.74 Å². The minimum absolute atomic E-state index is 0.0625. The van der Waals surface area contributed by atoms with Crippen LogP contribution in [-0.4, -0.2) is 18.0 Å². The van der Waals surface area contributed by atoms with E-state index >= 15 is 0 Å². The standard InChI is InChI=1S/C11H12O3/c1-3-4-10(12)9-6-5-8(14-2)7-11(9)13/h3-7,13H,1-2H3/b4-3-. The third-order valence-corrected chi connectivity index (χ3v) is 1.79. The summed E-state index contributed by atoms with van der Waals surface area (Å²) in [4.78, 5) is 11.4. The summed E-state index contributed by atoms with van der Waals surface area (Å²) in [6, 6.07) is 4.59. The Morgan fingerprint density at radius 3 is 2.71 bits per heavy atom. The van der Waals surface area contributed by atoms with E-state index in [1.807, 2.05) is 0 Å². The minimum atomic E-state index is -0.215. The first-order chi connectivity index (χ1) is 6.69. The van der Waals surface area contributed by atoms with Crippen molar-refractivity contribution in [2.24, 2.45) is 0 Å². The second-order valence-corrected chi connectivity index (χ2v) is 2.75. The van der Waals surface area contributed by atoms with E-state index < -0.39 is 0 Å². The van der Waals surface area contributed by atoms with Crippen LogP contribution in [0, 0.1) is 0 Å². The second kappa shape index (κ2) is 4.46. The highest BCUT2D eigenvalue weighted by molar-refractivity contribution is 6.06. The number of hydrogen-bond acceptors (Lipinski definition) is 3. The van der Waals surface area contributed by atoms with Crippen molar-refractivity contribution in [3.8, 4) is 11.5 Å². The average molecular weight is 192 g/mol. The van der Waals surface area contributed by atoms with Gasteiger partial charge in [-0.2, -0.15) is 0 Å². The number of allylic oxidation sites excluding steroid dienone is 2. The van der Waals surface area contributed by atoms with Crippen LogP contribution in [0.2, 0.25) is 0 Å². The fourth-order valence-electron chi connectivity index (χ4n) is 1.09. The van der Waals surface area contributed by atoms with Gasteiger partial charge in [0, 0.05) is 6.07 Å². The molecule has 1 N–H and O–H groups in total. The van der Waals surface area contributed by atoms with Crippen LogP contribution in [-0.2, 0) is 0 Å². The molecule has 0 aliphatic carbocycles. The van der Waals surface area contributed by atoms with E-state index in [2.05, 4.69) is 0 Å². The largest absolute Gasteiger partial charge is 0.507 e. The van der Waals surface area contributed by atoms with Gasteiger partial charge in [0.1, 0.15) is 11.5 Å². The molecule has 0 atom stereocenters. The first-order valence-corrected chi connectivity index (χ1v) is 4.23. The highest BCUT2D eigenvalue weighted by Gasteiger charge is 2.08. The van der Waals surface area contributed by atoms with E-state index in [-0.39, 0.29) is 17.1 Å². The third-order valence-electron chi connectivity index (χ3n) is 1.79. The van der Waals surface area contributed by atoms with Crippen LogP contribution in [0.25, 0.3) is 0 Å². The number of phenolic OH excluding ortho intramolecular Hbond substituents is 1. The number of carbonyl (C=O) groups excluding carboxylic acids is 1. The van der Waals surface area contributed by atoms with Crippen LogP contribution in [0.3, 0.4) is 0 Å². The molecule has 0 heterocycles. The molecule has 0 fully saturated rings. The van der Waals surface area contributed by atoms with Gasteiger partial charge in [-0.3, -0.25) is 4.79 Å². The molecule has 0 bridgehead atoms. The number of aromatic hydroxyl groups is 1. The molecule has 1 aromatic rings. The molecule has 0 aliphatic rings. The van der Waals surface area contributed by atoms with E-state index in [9.17, 15) is 9.90 Å². The van der Waals surface area contributed by atoms with Gasteiger partial charge in [0.2, 0.25) is 0 Å². The van der Waals surface area contributed by atoms with E-state index in [1.54, 1.807) is 19.1 Å². The summed E-state index contributed by atoms with van der Waals surface area (Å²) in [5.41, 5.74) is 0.281. The Kier molecular flexibility index (Phi) is 3.29. The lowest BCUT2D eigenvalue weighted by Gasteiger charge is -2.03. The van der Waals surface area contributed by atoms with Crippen molar-refractivity contribution in [1.82, 2.24) is 0 Å². The molecule has 3 heteroatoms. The molecule has 0 radical (unpaired) electrons. The van der Waals surface area contributed by atoms with Crippen molar-refractivity contribution < 1.29 is 14.6 Å². The Morgan fingerprint density at radius 2 is 2.21 bits per heavy atom. The molecule has 0 amide bonds. The first-order valence-electron chi connectivity index (χ1n) is 4.23. The molecule has 1 aromatic carbocycles. The van der Waals surface area contributed by atoms with Gasteiger partial charge >= 0.3 is 0 Å². The van der Waals surface area contributed by atoms with Crippen molar-refractivity contribution in [3.05, 3.63) is 35.9 Å². The van der Waals surface area contributed by atoms with Gasteiger partial charge in [0.05, 0.1) is 12.7 Å². The van der Waals surface area contributed by atoms with Gasteiger partial charge in [0.25, 0.3) is 0 Å². The monoisotopic (exact) mass is 192 g/mol. The number of carbonyl (C=O) groups is 1. The van der Waals surface area contributed by atoms with Crippen molar-refractivity contribution >= 4 is 5.78 Å². The third kappa shape index (κ3) is 2.13. The van der Waals surface area contributed by atoms with Gasteiger partial charge < -0.3 is 9.84 Å². The Balaban J connectivity index is 3.05. The Morgan fingerprint density at radius 1 is 1.50 bits per heavy atom. The lowest BCUT2D eigenvalue weighted by molar-refractivity contribution is 0.104. The summed E-state index contributed by atoms with van der Waals surface area (Å²) < 4.78 is 4.90. The summed E-state index contributed by atoms with van der Waals surface area (Å²) in [5.74, 6) is 0.250. The van der Waals surface area contributed by atoms with Gasteiger partial charge in [-0.15, -0.1) is 0 Å². The summed E-state index contributed by atoms with van der Waals surface area (Å²) in [6.45, 7) is 1.75. The normalized spacial score (nSPS) is 10.4. The maximum atomic E-state index is 11.4. The predicted molar refractivity (Wildman–Crippen MR) is 53.8 cm³/mol. The number of benzene rings is 1. The molecule has 0 aromatic heterocycles. The lowest BCUT2D eigenvalue weighted by atomic mass is 10.1. The summed E-state index contributed by atoms with van der Waals surface area (Å²) in [6.07, 6.45) is 3.04. The number of ether oxygens (including phenoxy) is 1. The maximum Gasteiger partial charge on any atom is 0.189 e. The van der Waals surface area contributed by atoms with Gasteiger partial charge in [-0.25, -0.2) is 0 Å². The number of hydrogen-bond donors (Lipinski definition) is 1. The topological polar surface area (TPSA) is 46.5 Å². The van der Waals surface area contributed by atoms with Crippen LogP contribution in [0.4, 0.5) is 0 Å². The zero-order chi connectivity index (χ0) is 10.6. The highest BCUT2D eigenvalue weighted by Crippen LogP contribution is 2.23. The quantitative estimate of drug-likeness (QED) is 0.589. The second-order valence-electron chi connectivity index (χ2n) is 2.75. The summed E-state index contributed by atoms with van der Waals surface area (Å²) >= 11 is 0. The van der Waals surface area contributed by atoms with E-state index in [4.69, 9.17) is 4.74 Å².